The van der Waals surface area contributed by atoms with Crippen molar-refractivity contribution < 1.29 is 14.5 Å². The van der Waals surface area contributed by atoms with Crippen molar-refractivity contribution in [3.8, 4) is 11.8 Å². The van der Waals surface area contributed by atoms with E-state index in [1.165, 1.54) is 25.3 Å². The monoisotopic (exact) mass is 358 g/mol. The fourth-order valence-corrected chi connectivity index (χ4v) is 3.02. The van der Waals surface area contributed by atoms with Crippen LogP contribution in [0.2, 0.25) is 0 Å². The van der Waals surface area contributed by atoms with Gasteiger partial charge >= 0.3 is 0 Å². The van der Waals surface area contributed by atoms with Crippen molar-refractivity contribution in [3.05, 3.63) is 40.1 Å². The summed E-state index contributed by atoms with van der Waals surface area (Å²) in [5.74, 6) is -0.408. The van der Waals surface area contributed by atoms with Crippen LogP contribution in [-0.4, -0.2) is 35.4 Å². The number of amides is 1. The summed E-state index contributed by atoms with van der Waals surface area (Å²) in [5.41, 5.74) is 0.121. The maximum Gasteiger partial charge on any atom is 0.273 e. The molecular weight excluding hydrogens is 336 g/mol. The number of nitriles is 1. The highest BCUT2D eigenvalue weighted by molar-refractivity contribution is 6.07. The zero-order valence-corrected chi connectivity index (χ0v) is 14.9. The largest absolute Gasteiger partial charge is 0.494 e. The van der Waals surface area contributed by atoms with E-state index in [1.807, 2.05) is 6.07 Å². The molecule has 1 N–H and O–H groups in total. The summed E-state index contributed by atoms with van der Waals surface area (Å²) in [5, 5.41) is 22.8. The van der Waals surface area contributed by atoms with Crippen molar-refractivity contribution in [3.63, 3.8) is 0 Å². The van der Waals surface area contributed by atoms with Gasteiger partial charge in [0.15, 0.2) is 0 Å². The van der Waals surface area contributed by atoms with E-state index in [0.29, 0.717) is 6.04 Å². The topological polar surface area (TPSA) is 109 Å². The summed E-state index contributed by atoms with van der Waals surface area (Å²) < 4.78 is 5.10. The summed E-state index contributed by atoms with van der Waals surface area (Å²) in [6.07, 6.45) is 5.79. The summed E-state index contributed by atoms with van der Waals surface area (Å²) >= 11 is 0. The zero-order chi connectivity index (χ0) is 19.1. The van der Waals surface area contributed by atoms with Crippen LogP contribution in [0.5, 0.6) is 5.75 Å². The van der Waals surface area contributed by atoms with Crippen LogP contribution in [0.25, 0.3) is 0 Å². The number of piperidine rings is 1. The lowest BCUT2D eigenvalue weighted by Gasteiger charge is -2.34. The second-order valence-corrected chi connectivity index (χ2v) is 6.05. The number of nitro benzene ring substituents is 1. The number of carbonyl (C=O) groups excluding carboxylic acids is 1. The van der Waals surface area contributed by atoms with Crippen LogP contribution in [0, 0.1) is 21.4 Å². The van der Waals surface area contributed by atoms with E-state index in [4.69, 9.17) is 4.74 Å². The van der Waals surface area contributed by atoms with Gasteiger partial charge in [-0.2, -0.15) is 5.26 Å². The van der Waals surface area contributed by atoms with E-state index in [1.54, 1.807) is 6.20 Å². The number of carbonyl (C=O) groups is 1. The van der Waals surface area contributed by atoms with Crippen molar-refractivity contribution in [1.82, 2.24) is 4.90 Å². The summed E-state index contributed by atoms with van der Waals surface area (Å²) in [7, 11) is 1.36. The van der Waals surface area contributed by atoms with Gasteiger partial charge in [-0.15, -0.1) is 0 Å². The lowest BCUT2D eigenvalue weighted by atomic mass is 10.0. The van der Waals surface area contributed by atoms with Crippen molar-refractivity contribution in [1.29, 1.82) is 5.26 Å². The molecule has 1 aromatic rings. The standard InChI is InChI=1S/C18H22N4O4/c1-3-14-6-4-5-9-21(14)12-13(11-19)18(23)20-16-8-7-15(22(24)25)10-17(16)26-2/h7-8,10,12,14H,3-6,9H2,1-2H3,(H,20,23)/b13-12-. The second kappa shape index (κ2) is 8.85. The van der Waals surface area contributed by atoms with Gasteiger partial charge in [0.25, 0.3) is 11.6 Å². The molecule has 0 aromatic heterocycles. The molecule has 1 aliphatic rings. The molecule has 1 heterocycles. The Balaban J connectivity index is 2.20. The van der Waals surface area contributed by atoms with Crippen LogP contribution >= 0.6 is 0 Å². The minimum absolute atomic E-state index is 0.00856. The molecule has 1 aliphatic heterocycles. The molecular formula is C18H22N4O4. The molecule has 1 atom stereocenters. The third-order valence-electron chi connectivity index (χ3n) is 4.45. The number of anilines is 1. The lowest BCUT2D eigenvalue weighted by molar-refractivity contribution is -0.384. The van der Waals surface area contributed by atoms with Crippen LogP contribution in [0.3, 0.4) is 0 Å². The van der Waals surface area contributed by atoms with Gasteiger partial charge in [0.05, 0.1) is 23.8 Å². The van der Waals surface area contributed by atoms with Crippen molar-refractivity contribution >= 4 is 17.3 Å². The van der Waals surface area contributed by atoms with Crippen LogP contribution in [0.4, 0.5) is 11.4 Å². The predicted octanol–water partition coefficient (Wildman–Crippen LogP) is 3.21. The number of rotatable bonds is 6. The van der Waals surface area contributed by atoms with Crippen LogP contribution < -0.4 is 10.1 Å². The summed E-state index contributed by atoms with van der Waals surface area (Å²) in [6.45, 7) is 2.91. The lowest BCUT2D eigenvalue weighted by Crippen LogP contribution is -2.35. The number of nitrogens with zero attached hydrogens (tertiary/aromatic N) is 3. The van der Waals surface area contributed by atoms with Crippen LogP contribution in [0.1, 0.15) is 32.6 Å². The highest BCUT2D eigenvalue weighted by atomic mass is 16.6. The highest BCUT2D eigenvalue weighted by Gasteiger charge is 2.21. The van der Waals surface area contributed by atoms with Crippen LogP contribution in [-0.2, 0) is 4.79 Å². The molecule has 1 aromatic carbocycles. The average Bonchev–Trinajstić information content (AvgIpc) is 2.66. The number of hydrogen-bond donors (Lipinski definition) is 1. The van der Waals surface area contributed by atoms with Crippen molar-refractivity contribution in [2.24, 2.45) is 0 Å². The molecule has 26 heavy (non-hydrogen) atoms. The van der Waals surface area contributed by atoms with Gasteiger partial charge in [0.2, 0.25) is 0 Å². The number of methoxy groups -OCH3 is 1. The second-order valence-electron chi connectivity index (χ2n) is 6.05. The first-order valence-electron chi connectivity index (χ1n) is 8.51. The maximum absolute atomic E-state index is 12.5. The molecule has 0 saturated carbocycles. The van der Waals surface area contributed by atoms with Gasteiger partial charge in [-0.05, 0) is 31.7 Å². The highest BCUT2D eigenvalue weighted by Crippen LogP contribution is 2.29. The van der Waals surface area contributed by atoms with E-state index in [-0.39, 0.29) is 22.7 Å². The Labute approximate surface area is 152 Å². The van der Waals surface area contributed by atoms with Gasteiger partial charge < -0.3 is 15.0 Å². The number of nitrogens with one attached hydrogen (secondary N) is 1. The number of ether oxygens (including phenoxy) is 1. The number of non-ortho nitro benzene ring substituents is 1. The number of benzene rings is 1. The predicted molar refractivity (Wildman–Crippen MR) is 96.6 cm³/mol. The Morgan fingerprint density at radius 1 is 1.54 bits per heavy atom. The molecule has 8 nitrogen and oxygen atoms in total. The Morgan fingerprint density at radius 2 is 2.31 bits per heavy atom. The fraction of sp³-hybridized carbons (Fsp3) is 0.444. The molecule has 0 bridgehead atoms. The van der Waals surface area contributed by atoms with Crippen LogP contribution in [0.15, 0.2) is 30.0 Å². The third-order valence-corrected chi connectivity index (χ3v) is 4.45. The average molecular weight is 358 g/mol. The number of hydrogen-bond acceptors (Lipinski definition) is 6. The summed E-state index contributed by atoms with van der Waals surface area (Å²) in [4.78, 5) is 24.8. The molecule has 1 unspecified atom stereocenters. The van der Waals surface area contributed by atoms with Gasteiger partial charge in [0, 0.05) is 24.9 Å². The SMILES string of the molecule is CCC1CCCCN1/C=C(/C#N)C(=O)Nc1ccc([N+](=O)[O-])cc1OC. The number of likely N-dealkylation sites (tertiary alicyclic amines) is 1. The first-order valence-corrected chi connectivity index (χ1v) is 8.51. The molecule has 0 aliphatic carbocycles. The minimum atomic E-state index is -0.569. The first-order chi connectivity index (χ1) is 12.5. The molecule has 0 spiro atoms. The summed E-state index contributed by atoms with van der Waals surface area (Å²) in [6, 6.07) is 6.15. The van der Waals surface area contributed by atoms with E-state index < -0.39 is 10.8 Å². The van der Waals surface area contributed by atoms with E-state index in [9.17, 15) is 20.2 Å². The minimum Gasteiger partial charge on any atom is -0.494 e. The smallest absolute Gasteiger partial charge is 0.273 e. The van der Waals surface area contributed by atoms with E-state index >= 15 is 0 Å². The van der Waals surface area contributed by atoms with Gasteiger partial charge in [-0.1, -0.05) is 6.92 Å². The third kappa shape index (κ3) is 4.51. The Hall–Kier alpha value is -3.08. The molecule has 1 amide bonds. The maximum atomic E-state index is 12.5. The molecule has 2 rings (SSSR count). The first kappa shape index (κ1) is 19.2. The fourth-order valence-electron chi connectivity index (χ4n) is 3.02. The molecule has 138 valence electrons. The quantitative estimate of drug-likeness (QED) is 0.362. The zero-order valence-electron chi connectivity index (χ0n) is 14.9. The van der Waals surface area contributed by atoms with Gasteiger partial charge in [0.1, 0.15) is 17.4 Å². The van der Waals surface area contributed by atoms with Gasteiger partial charge in [-0.3, -0.25) is 14.9 Å². The molecule has 1 saturated heterocycles. The molecule has 8 heteroatoms. The Kier molecular flexibility index (Phi) is 6.55. The van der Waals surface area contributed by atoms with Gasteiger partial charge in [-0.25, -0.2) is 0 Å². The Bertz CT molecular complexity index is 754. The normalized spacial score (nSPS) is 17.3. The van der Waals surface area contributed by atoms with Crippen molar-refractivity contribution in [2.45, 2.75) is 38.6 Å². The van der Waals surface area contributed by atoms with Crippen molar-refractivity contribution in [2.75, 3.05) is 19.0 Å². The molecule has 1 fully saturated rings. The van der Waals surface area contributed by atoms with E-state index in [2.05, 4.69) is 17.1 Å². The molecule has 0 radical (unpaired) electrons. The Morgan fingerprint density at radius 3 is 2.92 bits per heavy atom. The number of nitro groups is 1. The van der Waals surface area contributed by atoms with E-state index in [0.717, 1.165) is 32.2 Å².